The smallest absolute Gasteiger partial charge is 0.283 e. The molecule has 5 N–H and O–H groups in total. The van der Waals surface area contributed by atoms with Crippen LogP contribution in [0.15, 0.2) is 23.1 Å². The van der Waals surface area contributed by atoms with Gasteiger partial charge in [-0.05, 0) is 37.4 Å². The van der Waals surface area contributed by atoms with E-state index in [-0.39, 0.29) is 41.4 Å². The highest BCUT2D eigenvalue weighted by Gasteiger charge is 2.27. The monoisotopic (exact) mass is 388 g/mol. The zero-order valence-electron chi connectivity index (χ0n) is 13.5. The number of nitrogens with two attached hydrogens (primary N) is 2. The first-order valence-electron chi connectivity index (χ1n) is 7.63. The molecule has 0 bridgehead atoms. The summed E-state index contributed by atoms with van der Waals surface area (Å²) >= 11 is 1.06. The van der Waals surface area contributed by atoms with Crippen LogP contribution in [0.2, 0.25) is 0 Å². The highest BCUT2D eigenvalue weighted by molar-refractivity contribution is 8.00. The summed E-state index contributed by atoms with van der Waals surface area (Å²) in [5, 5.41) is 14.1. The van der Waals surface area contributed by atoms with Crippen LogP contribution >= 0.6 is 24.2 Å². The van der Waals surface area contributed by atoms with E-state index in [2.05, 4.69) is 5.32 Å². The Hall–Kier alpha value is -1.84. The molecule has 0 aromatic heterocycles. The number of nitro benzene ring substituents is 1. The number of amides is 2. The average Bonchev–Trinajstić information content (AvgIpc) is 2.99. The normalized spacial score (nSPS) is 19.1. The van der Waals surface area contributed by atoms with Gasteiger partial charge in [-0.2, -0.15) is 0 Å². The zero-order valence-corrected chi connectivity index (χ0v) is 15.1. The Bertz CT molecular complexity index is 658. The van der Waals surface area contributed by atoms with Crippen molar-refractivity contribution in [3.63, 3.8) is 0 Å². The van der Waals surface area contributed by atoms with Crippen molar-refractivity contribution in [1.29, 1.82) is 0 Å². The number of rotatable bonds is 7. The SMILES string of the molecule is Cl.NCC1CCCC1NC(=O)CSc1ccc(C(N)=O)cc1[N+](=O)[O-]. The predicted molar refractivity (Wildman–Crippen MR) is 97.9 cm³/mol. The number of thioether (sulfide) groups is 1. The Morgan fingerprint density at radius 3 is 2.68 bits per heavy atom. The van der Waals surface area contributed by atoms with Crippen molar-refractivity contribution in [3.05, 3.63) is 33.9 Å². The molecule has 1 aliphatic carbocycles. The molecule has 1 aromatic carbocycles. The molecule has 1 aromatic rings. The Kier molecular flexibility index (Phi) is 8.14. The predicted octanol–water partition coefficient (Wildman–Crippen LogP) is 1.45. The number of nitrogens with one attached hydrogen (secondary N) is 1. The van der Waals surface area contributed by atoms with Crippen LogP contribution in [0.25, 0.3) is 0 Å². The Morgan fingerprint density at radius 1 is 1.36 bits per heavy atom. The maximum absolute atomic E-state index is 12.1. The number of hydrogen-bond donors (Lipinski definition) is 3. The molecule has 2 rings (SSSR count). The standard InChI is InChI=1S/C15H20N4O4S.ClH/c16-7-10-2-1-3-11(10)18-14(20)8-24-13-5-4-9(15(17)21)6-12(13)19(22)23;/h4-6,10-11H,1-3,7-8,16H2,(H2,17,21)(H,18,20);1H. The quantitative estimate of drug-likeness (QED) is 0.366. The number of carbonyl (C=O) groups excluding carboxylic acids is 2. The van der Waals surface area contributed by atoms with Gasteiger partial charge < -0.3 is 16.8 Å². The van der Waals surface area contributed by atoms with Gasteiger partial charge in [0.25, 0.3) is 5.69 Å². The zero-order chi connectivity index (χ0) is 17.7. The van der Waals surface area contributed by atoms with E-state index < -0.39 is 10.8 Å². The summed E-state index contributed by atoms with van der Waals surface area (Å²) in [7, 11) is 0. The molecule has 2 amide bonds. The molecule has 1 saturated carbocycles. The number of halogens is 1. The molecule has 0 radical (unpaired) electrons. The molecule has 10 heteroatoms. The lowest BCUT2D eigenvalue weighted by Crippen LogP contribution is -2.40. The van der Waals surface area contributed by atoms with Crippen molar-refractivity contribution in [3.8, 4) is 0 Å². The summed E-state index contributed by atoms with van der Waals surface area (Å²) in [5.41, 5.74) is 10.6. The number of primary amides is 1. The first-order valence-corrected chi connectivity index (χ1v) is 8.61. The van der Waals surface area contributed by atoms with Crippen LogP contribution in [-0.2, 0) is 4.79 Å². The number of nitro groups is 1. The first kappa shape index (κ1) is 21.2. The van der Waals surface area contributed by atoms with Gasteiger partial charge in [-0.25, -0.2) is 0 Å². The van der Waals surface area contributed by atoms with Gasteiger partial charge >= 0.3 is 0 Å². The molecule has 1 fully saturated rings. The van der Waals surface area contributed by atoms with Gasteiger partial charge in [0.1, 0.15) is 0 Å². The van der Waals surface area contributed by atoms with Gasteiger partial charge in [0.2, 0.25) is 11.8 Å². The summed E-state index contributed by atoms with van der Waals surface area (Å²) in [4.78, 5) is 34.1. The van der Waals surface area contributed by atoms with E-state index in [1.807, 2.05) is 0 Å². The maximum Gasteiger partial charge on any atom is 0.283 e. The molecular weight excluding hydrogens is 368 g/mol. The molecule has 0 aliphatic heterocycles. The third-order valence-electron chi connectivity index (χ3n) is 4.11. The number of hydrogen-bond acceptors (Lipinski definition) is 6. The third-order valence-corrected chi connectivity index (χ3v) is 5.17. The molecule has 138 valence electrons. The van der Waals surface area contributed by atoms with Gasteiger partial charge in [0.15, 0.2) is 0 Å². The van der Waals surface area contributed by atoms with Gasteiger partial charge in [-0.1, -0.05) is 6.42 Å². The number of carbonyl (C=O) groups is 2. The minimum atomic E-state index is -0.735. The lowest BCUT2D eigenvalue weighted by molar-refractivity contribution is -0.387. The van der Waals surface area contributed by atoms with Crippen molar-refractivity contribution < 1.29 is 14.5 Å². The first-order chi connectivity index (χ1) is 11.4. The molecule has 2 atom stereocenters. The second-order valence-electron chi connectivity index (χ2n) is 5.69. The molecule has 0 saturated heterocycles. The van der Waals surface area contributed by atoms with Gasteiger partial charge in [0.05, 0.1) is 15.6 Å². The summed E-state index contributed by atoms with van der Waals surface area (Å²) in [5.74, 6) is -0.562. The summed E-state index contributed by atoms with van der Waals surface area (Å²) in [6, 6.07) is 4.06. The third kappa shape index (κ3) is 5.58. The second-order valence-corrected chi connectivity index (χ2v) is 6.71. The molecule has 0 heterocycles. The Labute approximate surface area is 155 Å². The molecule has 8 nitrogen and oxygen atoms in total. The van der Waals surface area contributed by atoms with Crippen LogP contribution < -0.4 is 16.8 Å². The van der Waals surface area contributed by atoms with Crippen LogP contribution in [0, 0.1) is 16.0 Å². The highest BCUT2D eigenvalue weighted by Crippen LogP contribution is 2.30. The van der Waals surface area contributed by atoms with E-state index in [4.69, 9.17) is 11.5 Å². The van der Waals surface area contributed by atoms with Gasteiger partial charge in [-0.15, -0.1) is 24.2 Å². The average molecular weight is 389 g/mol. The van der Waals surface area contributed by atoms with E-state index >= 15 is 0 Å². The van der Waals surface area contributed by atoms with Gasteiger partial charge in [-0.3, -0.25) is 19.7 Å². The van der Waals surface area contributed by atoms with Crippen LogP contribution in [-0.4, -0.2) is 35.1 Å². The molecule has 0 spiro atoms. The van der Waals surface area contributed by atoms with Gasteiger partial charge in [0, 0.05) is 17.7 Å². The molecular formula is C15H21ClN4O4S. The fourth-order valence-corrected chi connectivity index (χ4v) is 3.65. The topological polar surface area (TPSA) is 141 Å². The minimum Gasteiger partial charge on any atom is -0.366 e. The lowest BCUT2D eigenvalue weighted by atomic mass is 10.0. The second kappa shape index (κ2) is 9.59. The van der Waals surface area contributed by atoms with Crippen molar-refractivity contribution in [2.24, 2.45) is 17.4 Å². The Morgan fingerprint density at radius 2 is 2.08 bits per heavy atom. The van der Waals surface area contributed by atoms with Crippen LogP contribution in [0.3, 0.4) is 0 Å². The van der Waals surface area contributed by atoms with E-state index in [9.17, 15) is 19.7 Å². The Balaban J connectivity index is 0.00000312. The van der Waals surface area contributed by atoms with Crippen molar-refractivity contribution in [1.82, 2.24) is 5.32 Å². The van der Waals surface area contributed by atoms with E-state index in [0.29, 0.717) is 17.4 Å². The highest BCUT2D eigenvalue weighted by atomic mass is 35.5. The van der Waals surface area contributed by atoms with E-state index in [0.717, 1.165) is 37.1 Å². The van der Waals surface area contributed by atoms with Crippen molar-refractivity contribution in [2.45, 2.75) is 30.2 Å². The molecule has 25 heavy (non-hydrogen) atoms. The van der Waals surface area contributed by atoms with Crippen LogP contribution in [0.4, 0.5) is 5.69 Å². The van der Waals surface area contributed by atoms with E-state index in [1.54, 1.807) is 0 Å². The summed E-state index contributed by atoms with van der Waals surface area (Å²) in [6.07, 6.45) is 2.96. The summed E-state index contributed by atoms with van der Waals surface area (Å²) in [6.45, 7) is 0.540. The minimum absolute atomic E-state index is 0. The van der Waals surface area contributed by atoms with Crippen molar-refractivity contribution >= 4 is 41.7 Å². The maximum atomic E-state index is 12.1. The van der Waals surface area contributed by atoms with Crippen molar-refractivity contribution in [2.75, 3.05) is 12.3 Å². The van der Waals surface area contributed by atoms with E-state index in [1.165, 1.54) is 12.1 Å². The molecule has 1 aliphatic rings. The van der Waals surface area contributed by atoms with Crippen LogP contribution in [0.1, 0.15) is 29.6 Å². The number of nitrogens with zero attached hydrogens (tertiary/aromatic N) is 1. The fourth-order valence-electron chi connectivity index (χ4n) is 2.84. The fraction of sp³-hybridized carbons (Fsp3) is 0.467. The number of benzene rings is 1. The largest absolute Gasteiger partial charge is 0.366 e. The summed E-state index contributed by atoms with van der Waals surface area (Å²) < 4.78 is 0. The van der Waals surface area contributed by atoms with Crippen LogP contribution in [0.5, 0.6) is 0 Å². The lowest BCUT2D eigenvalue weighted by Gasteiger charge is -2.19. The molecule has 2 unspecified atom stereocenters.